The number of hydrogen-bond acceptors (Lipinski definition) is 4. The van der Waals surface area contributed by atoms with Gasteiger partial charge in [-0.25, -0.2) is 4.68 Å². The first kappa shape index (κ1) is 17.1. The molecule has 1 aromatic carbocycles. The van der Waals surface area contributed by atoms with Crippen molar-refractivity contribution in [3.05, 3.63) is 36.7 Å². The highest BCUT2D eigenvalue weighted by Gasteiger charge is 2.22. The second kappa shape index (κ2) is 7.91. The van der Waals surface area contributed by atoms with Crippen LogP contribution < -0.4 is 9.64 Å². The third kappa shape index (κ3) is 3.90. The Kier molecular flexibility index (Phi) is 5.20. The van der Waals surface area contributed by atoms with Crippen LogP contribution in [0.15, 0.2) is 36.7 Å². The van der Waals surface area contributed by atoms with Crippen molar-refractivity contribution in [1.29, 1.82) is 0 Å². The number of benzene rings is 1. The van der Waals surface area contributed by atoms with E-state index in [9.17, 15) is 4.79 Å². The maximum Gasteiger partial charge on any atom is 0.227 e. The number of rotatable bonds is 7. The molecule has 0 atom stereocenters. The summed E-state index contributed by atoms with van der Waals surface area (Å²) in [6, 6.07) is 7.96. The molecule has 2 fully saturated rings. The van der Waals surface area contributed by atoms with E-state index in [-0.39, 0.29) is 5.91 Å². The van der Waals surface area contributed by atoms with Gasteiger partial charge in [-0.2, -0.15) is 5.10 Å². The lowest BCUT2D eigenvalue weighted by molar-refractivity contribution is -0.117. The van der Waals surface area contributed by atoms with Gasteiger partial charge in [0.25, 0.3) is 0 Å². The molecule has 0 aliphatic carbocycles. The smallest absolute Gasteiger partial charge is 0.227 e. The topological polar surface area (TPSA) is 50.6 Å². The Hall–Kier alpha value is -2.34. The van der Waals surface area contributed by atoms with Crippen LogP contribution >= 0.6 is 0 Å². The van der Waals surface area contributed by atoms with Crippen molar-refractivity contribution in [2.75, 3.05) is 37.7 Å². The standard InChI is InChI=1S/C20H26N4O2/c25-20-5-3-13-23(20)18-15-21-24(16-18)17-6-8-19(9-7-17)26-14-4-12-22-10-1-2-11-22/h6-9,15-16H,1-5,10-14H2. The fourth-order valence-electron chi connectivity index (χ4n) is 3.69. The highest BCUT2D eigenvalue weighted by molar-refractivity contribution is 5.95. The van der Waals surface area contributed by atoms with Crippen molar-refractivity contribution >= 4 is 11.6 Å². The average Bonchev–Trinajstić information content (AvgIpc) is 3.41. The first-order valence-electron chi connectivity index (χ1n) is 9.60. The number of amides is 1. The molecule has 138 valence electrons. The Morgan fingerprint density at radius 2 is 1.81 bits per heavy atom. The van der Waals surface area contributed by atoms with Gasteiger partial charge in [0.15, 0.2) is 0 Å². The van der Waals surface area contributed by atoms with Crippen LogP contribution in [-0.4, -0.2) is 53.4 Å². The quantitative estimate of drug-likeness (QED) is 0.718. The van der Waals surface area contributed by atoms with E-state index in [0.717, 1.165) is 49.7 Å². The molecule has 0 spiro atoms. The van der Waals surface area contributed by atoms with Gasteiger partial charge in [0.1, 0.15) is 5.75 Å². The maximum atomic E-state index is 11.8. The molecule has 2 aromatic rings. The molecule has 4 rings (SSSR count). The molecule has 3 heterocycles. The fraction of sp³-hybridized carbons (Fsp3) is 0.500. The van der Waals surface area contributed by atoms with Crippen molar-refractivity contribution in [1.82, 2.24) is 14.7 Å². The molecule has 0 saturated carbocycles. The van der Waals surface area contributed by atoms with Crippen LogP contribution in [0.25, 0.3) is 5.69 Å². The van der Waals surface area contributed by atoms with Crippen molar-refractivity contribution in [3.8, 4) is 11.4 Å². The summed E-state index contributed by atoms with van der Waals surface area (Å²) >= 11 is 0. The van der Waals surface area contributed by atoms with Crippen molar-refractivity contribution in [3.63, 3.8) is 0 Å². The molecule has 0 unspecified atom stereocenters. The lowest BCUT2D eigenvalue weighted by Crippen LogP contribution is -2.23. The molecule has 1 aromatic heterocycles. The Morgan fingerprint density at radius 3 is 2.54 bits per heavy atom. The Morgan fingerprint density at radius 1 is 1.00 bits per heavy atom. The molecule has 6 nitrogen and oxygen atoms in total. The minimum absolute atomic E-state index is 0.183. The van der Waals surface area contributed by atoms with Gasteiger partial charge in [-0.15, -0.1) is 0 Å². The van der Waals surface area contributed by atoms with Crippen LogP contribution in [0.3, 0.4) is 0 Å². The Labute approximate surface area is 154 Å². The van der Waals surface area contributed by atoms with Gasteiger partial charge < -0.3 is 14.5 Å². The van der Waals surface area contributed by atoms with Crippen LogP contribution in [0, 0.1) is 0 Å². The molecule has 2 aliphatic heterocycles. The molecule has 0 radical (unpaired) electrons. The van der Waals surface area contributed by atoms with E-state index in [1.807, 2.05) is 30.5 Å². The second-order valence-electron chi connectivity index (χ2n) is 7.04. The van der Waals surface area contributed by atoms with Crippen LogP contribution in [0.4, 0.5) is 5.69 Å². The zero-order valence-corrected chi connectivity index (χ0v) is 15.1. The number of carbonyl (C=O) groups excluding carboxylic acids is 1. The number of likely N-dealkylation sites (tertiary alicyclic amines) is 1. The summed E-state index contributed by atoms with van der Waals surface area (Å²) in [5, 5.41) is 4.39. The molecule has 2 saturated heterocycles. The van der Waals surface area contributed by atoms with Crippen LogP contribution in [-0.2, 0) is 4.79 Å². The predicted molar refractivity (Wildman–Crippen MR) is 101 cm³/mol. The lowest BCUT2D eigenvalue weighted by atomic mass is 10.3. The van der Waals surface area contributed by atoms with Crippen molar-refractivity contribution < 1.29 is 9.53 Å². The first-order chi connectivity index (χ1) is 12.8. The largest absolute Gasteiger partial charge is 0.494 e. The number of hydrogen-bond donors (Lipinski definition) is 0. The molecule has 0 N–H and O–H groups in total. The molecule has 1 amide bonds. The molecule has 0 bridgehead atoms. The third-order valence-electron chi connectivity index (χ3n) is 5.14. The summed E-state index contributed by atoms with van der Waals surface area (Å²) in [7, 11) is 0. The SMILES string of the molecule is O=C1CCCN1c1cnn(-c2ccc(OCCCN3CCCC3)cc2)c1. The number of aromatic nitrogens is 2. The fourth-order valence-corrected chi connectivity index (χ4v) is 3.69. The number of anilines is 1. The summed E-state index contributed by atoms with van der Waals surface area (Å²) < 4.78 is 7.65. The van der Waals surface area contributed by atoms with E-state index in [1.165, 1.54) is 25.9 Å². The van der Waals surface area contributed by atoms with Gasteiger partial charge >= 0.3 is 0 Å². The summed E-state index contributed by atoms with van der Waals surface area (Å²) in [6.07, 6.45) is 8.96. The van der Waals surface area contributed by atoms with Gasteiger partial charge in [-0.05, 0) is 63.0 Å². The third-order valence-corrected chi connectivity index (χ3v) is 5.14. The zero-order chi connectivity index (χ0) is 17.8. The predicted octanol–water partition coefficient (Wildman–Crippen LogP) is 2.86. The first-order valence-corrected chi connectivity index (χ1v) is 9.60. The van der Waals surface area contributed by atoms with Crippen molar-refractivity contribution in [2.24, 2.45) is 0 Å². The summed E-state index contributed by atoms with van der Waals surface area (Å²) in [5.74, 6) is 1.07. The Bertz CT molecular complexity index is 735. The second-order valence-corrected chi connectivity index (χ2v) is 7.04. The normalized spacial score (nSPS) is 18.0. The van der Waals surface area contributed by atoms with E-state index < -0.39 is 0 Å². The summed E-state index contributed by atoms with van der Waals surface area (Å²) in [6.45, 7) is 5.14. The molecular weight excluding hydrogens is 328 g/mol. The minimum atomic E-state index is 0.183. The number of nitrogens with zero attached hydrogens (tertiary/aromatic N) is 4. The minimum Gasteiger partial charge on any atom is -0.494 e. The van der Waals surface area contributed by atoms with Crippen LogP contribution in [0.1, 0.15) is 32.1 Å². The maximum absolute atomic E-state index is 11.8. The number of carbonyl (C=O) groups is 1. The van der Waals surface area contributed by atoms with Crippen LogP contribution in [0.2, 0.25) is 0 Å². The van der Waals surface area contributed by atoms with Gasteiger partial charge in [0.05, 0.1) is 30.4 Å². The average molecular weight is 354 g/mol. The number of ether oxygens (including phenoxy) is 1. The highest BCUT2D eigenvalue weighted by Crippen LogP contribution is 2.22. The molecule has 6 heteroatoms. The van der Waals surface area contributed by atoms with E-state index in [4.69, 9.17) is 4.74 Å². The highest BCUT2D eigenvalue weighted by atomic mass is 16.5. The monoisotopic (exact) mass is 354 g/mol. The molecule has 2 aliphatic rings. The molecular formula is C20H26N4O2. The van der Waals surface area contributed by atoms with Gasteiger partial charge in [0.2, 0.25) is 5.91 Å². The van der Waals surface area contributed by atoms with Gasteiger partial charge in [-0.1, -0.05) is 0 Å². The van der Waals surface area contributed by atoms with E-state index in [0.29, 0.717) is 6.42 Å². The van der Waals surface area contributed by atoms with Gasteiger partial charge in [0, 0.05) is 19.5 Å². The Balaban J connectivity index is 1.30. The van der Waals surface area contributed by atoms with E-state index in [2.05, 4.69) is 10.00 Å². The van der Waals surface area contributed by atoms with Gasteiger partial charge in [-0.3, -0.25) is 4.79 Å². The summed E-state index contributed by atoms with van der Waals surface area (Å²) in [4.78, 5) is 16.2. The molecule has 26 heavy (non-hydrogen) atoms. The zero-order valence-electron chi connectivity index (χ0n) is 15.1. The van der Waals surface area contributed by atoms with E-state index >= 15 is 0 Å². The van der Waals surface area contributed by atoms with E-state index in [1.54, 1.807) is 15.8 Å². The lowest BCUT2D eigenvalue weighted by Gasteiger charge is -2.14. The van der Waals surface area contributed by atoms with Crippen molar-refractivity contribution in [2.45, 2.75) is 32.1 Å². The summed E-state index contributed by atoms with van der Waals surface area (Å²) in [5.41, 5.74) is 1.84. The van der Waals surface area contributed by atoms with Crippen LogP contribution in [0.5, 0.6) is 5.75 Å².